The van der Waals surface area contributed by atoms with Crippen molar-refractivity contribution in [3.8, 4) is 0 Å². The molecule has 0 fully saturated rings. The smallest absolute Gasteiger partial charge is 0.170 e. The molecule has 0 amide bonds. The van der Waals surface area contributed by atoms with E-state index in [0.29, 0.717) is 17.0 Å². The molecule has 0 aliphatic carbocycles. The second-order valence-electron chi connectivity index (χ2n) is 4.10. The summed E-state index contributed by atoms with van der Waals surface area (Å²) in [6.07, 6.45) is 3.51. The normalized spacial score (nSPS) is 10.2. The lowest BCUT2D eigenvalue weighted by atomic mass is 10.0. The summed E-state index contributed by atoms with van der Waals surface area (Å²) in [7, 11) is 0. The number of hydrogen-bond acceptors (Lipinski definition) is 2. The van der Waals surface area contributed by atoms with Gasteiger partial charge >= 0.3 is 0 Å². The van der Waals surface area contributed by atoms with Gasteiger partial charge in [0.2, 0.25) is 0 Å². The molecule has 0 saturated heterocycles. The van der Waals surface area contributed by atoms with Crippen LogP contribution in [0.15, 0.2) is 24.3 Å². The minimum absolute atomic E-state index is 0.00530. The van der Waals surface area contributed by atoms with Gasteiger partial charge in [-0.15, -0.1) is 0 Å². The summed E-state index contributed by atoms with van der Waals surface area (Å²) < 4.78 is 0. The summed E-state index contributed by atoms with van der Waals surface area (Å²) in [6.45, 7) is 2.09. The number of Topliss-reactive ketones (excluding diaryl/α,β-unsaturated/α-hetero) is 2. The first-order valence-electron chi connectivity index (χ1n) is 5.94. The third-order valence-corrected chi connectivity index (χ3v) is 2.84. The fourth-order valence-electron chi connectivity index (χ4n) is 1.58. The maximum atomic E-state index is 11.7. The van der Waals surface area contributed by atoms with Crippen LogP contribution in [0.4, 0.5) is 0 Å². The maximum Gasteiger partial charge on any atom is 0.170 e. The molecule has 1 aromatic rings. The number of rotatable bonds is 7. The van der Waals surface area contributed by atoms with E-state index in [4.69, 9.17) is 11.6 Å². The fourth-order valence-corrected chi connectivity index (χ4v) is 1.70. The van der Waals surface area contributed by atoms with E-state index in [-0.39, 0.29) is 18.0 Å². The van der Waals surface area contributed by atoms with Gasteiger partial charge in [0.1, 0.15) is 5.78 Å². The van der Waals surface area contributed by atoms with Crippen molar-refractivity contribution in [1.82, 2.24) is 0 Å². The molecular formula is C14H17ClO2. The Balaban J connectivity index is 2.43. The molecule has 0 aliphatic heterocycles. The van der Waals surface area contributed by atoms with E-state index in [1.807, 2.05) is 0 Å². The molecule has 0 N–H and O–H groups in total. The highest BCUT2D eigenvalue weighted by Crippen LogP contribution is 2.12. The Morgan fingerprint density at radius 2 is 1.76 bits per heavy atom. The first kappa shape index (κ1) is 13.9. The predicted octanol–water partition coefficient (Wildman–Crippen LogP) is 4.06. The molecule has 92 valence electrons. The van der Waals surface area contributed by atoms with Crippen LogP contribution >= 0.6 is 11.6 Å². The van der Waals surface area contributed by atoms with E-state index in [1.165, 1.54) is 0 Å². The minimum atomic E-state index is -0.122. The molecule has 3 heteroatoms. The second-order valence-corrected chi connectivity index (χ2v) is 4.54. The van der Waals surface area contributed by atoms with Crippen LogP contribution in [0.3, 0.4) is 0 Å². The predicted molar refractivity (Wildman–Crippen MR) is 69.5 cm³/mol. The molecule has 1 rings (SSSR count). The van der Waals surface area contributed by atoms with Crippen molar-refractivity contribution in [1.29, 1.82) is 0 Å². The van der Waals surface area contributed by atoms with Crippen LogP contribution in [0.25, 0.3) is 0 Å². The van der Waals surface area contributed by atoms with Crippen LogP contribution in [-0.4, -0.2) is 11.6 Å². The van der Waals surface area contributed by atoms with Gasteiger partial charge in [0.05, 0.1) is 6.42 Å². The Labute approximate surface area is 107 Å². The third kappa shape index (κ3) is 5.14. The van der Waals surface area contributed by atoms with Crippen LogP contribution in [0.1, 0.15) is 49.4 Å². The number of unbranched alkanes of at least 4 members (excludes halogenated alkanes) is 2. The molecule has 0 unspecified atom stereocenters. The minimum Gasteiger partial charge on any atom is -0.299 e. The van der Waals surface area contributed by atoms with Crippen LogP contribution in [0, 0.1) is 0 Å². The molecule has 0 saturated carbocycles. The molecule has 2 nitrogen and oxygen atoms in total. The van der Waals surface area contributed by atoms with Gasteiger partial charge in [-0.3, -0.25) is 9.59 Å². The van der Waals surface area contributed by atoms with Gasteiger partial charge in [-0.2, -0.15) is 0 Å². The molecule has 0 aliphatic rings. The molecular weight excluding hydrogens is 236 g/mol. The Bertz CT molecular complexity index is 382. The number of ketones is 2. The molecule has 0 radical (unpaired) electrons. The van der Waals surface area contributed by atoms with Crippen molar-refractivity contribution in [3.63, 3.8) is 0 Å². The van der Waals surface area contributed by atoms with Crippen molar-refractivity contribution >= 4 is 23.2 Å². The molecule has 0 atom stereocenters. The average molecular weight is 253 g/mol. The maximum absolute atomic E-state index is 11.7. The van der Waals surface area contributed by atoms with E-state index in [0.717, 1.165) is 19.3 Å². The number of halogens is 1. The molecule has 0 aromatic heterocycles. The first-order chi connectivity index (χ1) is 8.13. The Morgan fingerprint density at radius 1 is 1.12 bits per heavy atom. The number of carbonyl (C=O) groups is 2. The second kappa shape index (κ2) is 7.23. The van der Waals surface area contributed by atoms with Gasteiger partial charge in [-0.1, -0.05) is 31.4 Å². The molecule has 1 aromatic carbocycles. The summed E-state index contributed by atoms with van der Waals surface area (Å²) in [5.41, 5.74) is 0.554. The van der Waals surface area contributed by atoms with Crippen molar-refractivity contribution in [2.45, 2.75) is 39.0 Å². The zero-order valence-electron chi connectivity index (χ0n) is 10.0. The van der Waals surface area contributed by atoms with Crippen molar-refractivity contribution in [2.24, 2.45) is 0 Å². The molecule has 17 heavy (non-hydrogen) atoms. The van der Waals surface area contributed by atoms with Gasteiger partial charge in [0.15, 0.2) is 5.78 Å². The lowest BCUT2D eigenvalue weighted by Gasteiger charge is -2.01. The topological polar surface area (TPSA) is 34.1 Å². The zero-order valence-corrected chi connectivity index (χ0v) is 10.8. The van der Waals surface area contributed by atoms with Gasteiger partial charge in [-0.25, -0.2) is 0 Å². The third-order valence-electron chi connectivity index (χ3n) is 2.58. The number of hydrogen-bond donors (Lipinski definition) is 0. The highest BCUT2D eigenvalue weighted by atomic mass is 35.5. The summed E-state index contributed by atoms with van der Waals surface area (Å²) in [5.74, 6) is -0.0958. The van der Waals surface area contributed by atoms with Gasteiger partial charge in [0, 0.05) is 17.0 Å². The number of benzene rings is 1. The van der Waals surface area contributed by atoms with E-state index >= 15 is 0 Å². The lowest BCUT2D eigenvalue weighted by molar-refractivity contribution is -0.118. The van der Waals surface area contributed by atoms with E-state index in [1.54, 1.807) is 24.3 Å². The quantitative estimate of drug-likeness (QED) is 0.417. The summed E-state index contributed by atoms with van der Waals surface area (Å²) >= 11 is 5.73. The summed E-state index contributed by atoms with van der Waals surface area (Å²) in [6, 6.07) is 6.64. The Morgan fingerprint density at radius 3 is 2.35 bits per heavy atom. The highest BCUT2D eigenvalue weighted by Gasteiger charge is 2.11. The van der Waals surface area contributed by atoms with Crippen LogP contribution in [0.5, 0.6) is 0 Å². The van der Waals surface area contributed by atoms with E-state index in [2.05, 4.69) is 6.92 Å². The lowest BCUT2D eigenvalue weighted by Crippen LogP contribution is -2.07. The van der Waals surface area contributed by atoms with E-state index < -0.39 is 0 Å². The van der Waals surface area contributed by atoms with Crippen molar-refractivity contribution < 1.29 is 9.59 Å². The molecule has 0 bridgehead atoms. The van der Waals surface area contributed by atoms with Crippen molar-refractivity contribution in [2.75, 3.05) is 0 Å². The Kier molecular flexibility index (Phi) is 5.92. The molecule has 0 heterocycles. The van der Waals surface area contributed by atoms with Gasteiger partial charge < -0.3 is 0 Å². The number of carbonyl (C=O) groups excluding carboxylic acids is 2. The van der Waals surface area contributed by atoms with Crippen LogP contribution in [-0.2, 0) is 4.79 Å². The van der Waals surface area contributed by atoms with E-state index in [9.17, 15) is 9.59 Å². The van der Waals surface area contributed by atoms with Crippen LogP contribution < -0.4 is 0 Å². The standard InChI is InChI=1S/C14H17ClO2/c1-2-3-4-5-13(16)10-14(17)11-6-8-12(15)9-7-11/h6-9H,2-5,10H2,1H3. The summed E-state index contributed by atoms with van der Waals surface area (Å²) in [4.78, 5) is 23.3. The van der Waals surface area contributed by atoms with Gasteiger partial charge in [-0.05, 0) is 30.7 Å². The van der Waals surface area contributed by atoms with Crippen LogP contribution in [0.2, 0.25) is 5.02 Å². The SMILES string of the molecule is CCCCCC(=O)CC(=O)c1ccc(Cl)cc1. The molecule has 0 spiro atoms. The zero-order chi connectivity index (χ0) is 12.7. The van der Waals surface area contributed by atoms with Crippen molar-refractivity contribution in [3.05, 3.63) is 34.9 Å². The highest BCUT2D eigenvalue weighted by molar-refractivity contribution is 6.30. The Hall–Kier alpha value is -1.15. The largest absolute Gasteiger partial charge is 0.299 e. The monoisotopic (exact) mass is 252 g/mol. The van der Waals surface area contributed by atoms with Gasteiger partial charge in [0.25, 0.3) is 0 Å². The fraction of sp³-hybridized carbons (Fsp3) is 0.429. The summed E-state index contributed by atoms with van der Waals surface area (Å²) in [5, 5.41) is 0.593. The average Bonchev–Trinajstić information content (AvgIpc) is 2.30. The first-order valence-corrected chi connectivity index (χ1v) is 6.31.